The maximum absolute atomic E-state index is 10.2. The minimum Gasteiger partial charge on any atom is -1.00 e. The van der Waals surface area contributed by atoms with E-state index in [1.54, 1.807) is 0 Å². The molecule has 1 atom stereocenters. The van der Waals surface area contributed by atoms with Crippen LogP contribution in [0.3, 0.4) is 0 Å². The smallest absolute Gasteiger partial charge is 1.00 e. The van der Waals surface area contributed by atoms with Crippen LogP contribution in [-0.2, 0) is 19.7 Å². The molecule has 7 N–H and O–H groups in total. The Hall–Kier alpha value is 2.77. The molecule has 14 heteroatoms. The van der Waals surface area contributed by atoms with Gasteiger partial charge in [0, 0.05) is 13.1 Å². The molecule has 0 aromatic heterocycles. The van der Waals surface area contributed by atoms with Gasteiger partial charge in [0.2, 0.25) is 0 Å². The van der Waals surface area contributed by atoms with E-state index in [1.807, 2.05) is 0 Å². The topological polar surface area (TPSA) is 181 Å². The van der Waals surface area contributed by atoms with Crippen molar-refractivity contribution in [2.24, 2.45) is 11.5 Å². The van der Waals surface area contributed by atoms with Gasteiger partial charge >= 0.3 is 130 Å². The number of carbonyl (C=O) groups is 2. The predicted molar refractivity (Wildman–Crippen MR) is 57.8 cm³/mol. The van der Waals surface area contributed by atoms with Gasteiger partial charge in [-0.1, -0.05) is 0 Å². The van der Waals surface area contributed by atoms with Gasteiger partial charge in [-0.3, -0.25) is 14.1 Å². The van der Waals surface area contributed by atoms with E-state index in [-0.39, 0.29) is 124 Å². The second-order valence-electron chi connectivity index (χ2n) is 2.52. The van der Waals surface area contributed by atoms with Gasteiger partial charge in [-0.15, -0.1) is 0 Å². The third-order valence-electron chi connectivity index (χ3n) is 1.16. The van der Waals surface area contributed by atoms with E-state index >= 15 is 0 Å². The van der Waals surface area contributed by atoms with Crippen LogP contribution in [0.1, 0.15) is 12.1 Å². The summed E-state index contributed by atoms with van der Waals surface area (Å²) in [4.78, 5) is 20.0. The van der Waals surface area contributed by atoms with Crippen LogP contribution in [0.4, 0.5) is 0 Å². The number of hydrogen-bond acceptors (Lipinski definition) is 6. The van der Waals surface area contributed by atoms with Crippen molar-refractivity contribution in [3.8, 4) is 0 Å². The summed E-state index contributed by atoms with van der Waals surface area (Å²) in [5.41, 5.74) is 9.81. The summed E-state index contributed by atoms with van der Waals surface area (Å²) < 4.78 is 28.7. The first kappa shape index (κ1) is 38.4. The summed E-state index contributed by atoms with van der Waals surface area (Å²) >= 11 is 0. The van der Waals surface area contributed by atoms with Gasteiger partial charge in [-0.25, -0.2) is 0 Å². The van der Waals surface area contributed by atoms with E-state index < -0.39 is 33.7 Å². The molecule has 0 rings (SSSR count). The first-order valence-electron chi connectivity index (χ1n) is 3.97. The quantitative estimate of drug-likeness (QED) is 0.236. The average molecular weight is 354 g/mol. The van der Waals surface area contributed by atoms with Crippen LogP contribution in [0.2, 0.25) is 0 Å². The van der Waals surface area contributed by atoms with Crippen LogP contribution in [0, 0.1) is 0 Å². The van der Waals surface area contributed by atoms with Crippen LogP contribution >= 0.6 is 0 Å². The Morgan fingerprint density at radius 2 is 1.30 bits per heavy atom. The van der Waals surface area contributed by atoms with Crippen molar-refractivity contribution in [3.63, 3.8) is 0 Å². The Kier molecular flexibility index (Phi) is 41.8. The fourth-order valence-corrected chi connectivity index (χ4v) is 1.09. The minimum atomic E-state index is -4.84. The molecule has 0 aromatic rings. The Morgan fingerprint density at radius 1 is 1.00 bits per heavy atom. The summed E-state index contributed by atoms with van der Waals surface area (Å²) in [7, 11) is -4.84. The van der Waals surface area contributed by atoms with Crippen molar-refractivity contribution in [2.75, 3.05) is 13.1 Å². The first-order valence-corrected chi connectivity index (χ1v) is 5.48. The molecule has 0 aliphatic heterocycles. The second kappa shape index (κ2) is 21.8. The zero-order chi connectivity index (χ0) is 13.4. The molecule has 0 heterocycles. The van der Waals surface area contributed by atoms with Gasteiger partial charge < -0.3 is 27.4 Å². The predicted octanol–water partition coefficient (Wildman–Crippen LogP) is -13.8. The van der Waals surface area contributed by atoms with Crippen LogP contribution in [0.5, 0.6) is 0 Å². The van der Waals surface area contributed by atoms with E-state index in [1.165, 1.54) is 0 Å². The SMILES string of the molecule is NCCN.O=C(O)CC(C(=O)O)S(=O)(=O)O.[H-].[H-].[H-].[H-].[Na+].[Na+].[Na+].[Na+]. The van der Waals surface area contributed by atoms with Crippen molar-refractivity contribution in [1.82, 2.24) is 0 Å². The number of carboxylic acid groups (broad SMARTS) is 2. The van der Waals surface area contributed by atoms with Crippen molar-refractivity contribution in [1.29, 1.82) is 0 Å². The Labute approximate surface area is 211 Å². The van der Waals surface area contributed by atoms with Gasteiger partial charge in [-0.2, -0.15) is 8.42 Å². The number of rotatable bonds is 5. The summed E-state index contributed by atoms with van der Waals surface area (Å²) in [5.74, 6) is -3.50. The fraction of sp³-hybridized carbons (Fsp3) is 0.667. The van der Waals surface area contributed by atoms with Crippen LogP contribution < -0.4 is 130 Å². The van der Waals surface area contributed by atoms with Crippen molar-refractivity contribution in [2.45, 2.75) is 11.7 Å². The minimum absolute atomic E-state index is 0. The van der Waals surface area contributed by atoms with Crippen LogP contribution in [0.25, 0.3) is 0 Å². The molecule has 0 fully saturated rings. The maximum Gasteiger partial charge on any atom is 1.00 e. The summed E-state index contributed by atoms with van der Waals surface area (Å²) in [5, 5.41) is 13.9. The molecular formula is C6H18N2Na4O7S. The normalized spacial score (nSPS) is 9.75. The fourth-order valence-electron chi connectivity index (χ4n) is 0.479. The largest absolute Gasteiger partial charge is 1.00 e. The van der Waals surface area contributed by atoms with Crippen LogP contribution in [0.15, 0.2) is 0 Å². The Balaban J connectivity index is -0.0000000187. The maximum atomic E-state index is 10.2. The second-order valence-corrected chi connectivity index (χ2v) is 4.12. The van der Waals surface area contributed by atoms with Crippen molar-refractivity contribution < 1.29 is 157 Å². The number of carboxylic acids is 2. The van der Waals surface area contributed by atoms with E-state index in [4.69, 9.17) is 26.2 Å². The number of nitrogens with two attached hydrogens (primary N) is 2. The Bertz CT molecular complexity index is 354. The molecule has 20 heavy (non-hydrogen) atoms. The summed E-state index contributed by atoms with van der Waals surface area (Å²) in [6.07, 6.45) is -1.16. The summed E-state index contributed by atoms with van der Waals surface area (Å²) in [6, 6.07) is 0. The molecule has 0 spiro atoms. The zero-order valence-corrected chi connectivity index (χ0v) is 21.1. The Morgan fingerprint density at radius 3 is 1.35 bits per heavy atom. The average Bonchev–Trinajstić information content (AvgIpc) is 2.12. The van der Waals surface area contributed by atoms with Crippen molar-refractivity contribution in [3.05, 3.63) is 0 Å². The molecule has 0 saturated heterocycles. The third-order valence-corrected chi connectivity index (χ3v) is 2.25. The number of aliphatic carboxylic acids is 2. The molecule has 104 valence electrons. The van der Waals surface area contributed by atoms with E-state index in [0.29, 0.717) is 13.1 Å². The van der Waals surface area contributed by atoms with E-state index in [2.05, 4.69) is 0 Å². The first-order chi connectivity index (χ1) is 7.16. The molecule has 1 unspecified atom stereocenters. The van der Waals surface area contributed by atoms with E-state index in [9.17, 15) is 18.0 Å². The summed E-state index contributed by atoms with van der Waals surface area (Å²) in [6.45, 7) is 1.19. The molecule has 0 radical (unpaired) electrons. The van der Waals surface area contributed by atoms with E-state index in [0.717, 1.165) is 0 Å². The number of hydrogen-bond donors (Lipinski definition) is 5. The molecule has 0 aromatic carbocycles. The van der Waals surface area contributed by atoms with Gasteiger partial charge in [0.25, 0.3) is 10.1 Å². The molecule has 0 saturated carbocycles. The molecular weight excluding hydrogens is 336 g/mol. The third kappa shape index (κ3) is 25.7. The monoisotopic (exact) mass is 354 g/mol. The standard InChI is InChI=1S/C4H6O7S.C2H8N2.4Na.4H/c5-3(6)1-2(4(7)8)12(9,10)11;3-1-2-4;;;;;;;;/h2H,1H2,(H,5,6)(H,7,8)(H,9,10,11);1-4H2;;;;;;;;/q;;4*+1;4*-1. The molecule has 0 aliphatic rings. The molecule has 0 amide bonds. The van der Waals surface area contributed by atoms with Gasteiger partial charge in [0.1, 0.15) is 0 Å². The van der Waals surface area contributed by atoms with Gasteiger partial charge in [0.15, 0.2) is 5.25 Å². The van der Waals surface area contributed by atoms with Gasteiger partial charge in [0.05, 0.1) is 6.42 Å². The van der Waals surface area contributed by atoms with Crippen molar-refractivity contribution >= 4 is 22.1 Å². The van der Waals surface area contributed by atoms with Gasteiger partial charge in [-0.05, 0) is 0 Å². The molecule has 9 nitrogen and oxygen atoms in total. The molecule has 0 aliphatic carbocycles. The molecule has 0 bridgehead atoms. The van der Waals surface area contributed by atoms with Crippen LogP contribution in [-0.4, -0.2) is 53.5 Å². The zero-order valence-electron chi connectivity index (χ0n) is 16.2.